The van der Waals surface area contributed by atoms with Crippen molar-refractivity contribution >= 4 is 17.5 Å². The smallest absolute Gasteiger partial charge is 0.278 e. The number of nitriles is 1. The van der Waals surface area contributed by atoms with E-state index < -0.39 is 17.7 Å². The molecule has 4 rings (SSSR count). The fraction of sp³-hybridized carbons (Fsp3) is 0.105. The fourth-order valence-electron chi connectivity index (χ4n) is 3.36. The van der Waals surface area contributed by atoms with E-state index in [1.807, 2.05) is 6.07 Å². The summed E-state index contributed by atoms with van der Waals surface area (Å²) in [4.78, 5) is 28.1. The Morgan fingerprint density at radius 3 is 2.46 bits per heavy atom. The van der Waals surface area contributed by atoms with Crippen LogP contribution in [0.4, 0.5) is 5.69 Å². The fourth-order valence-corrected chi connectivity index (χ4v) is 3.36. The number of nitrogens with zero attached hydrogens (tertiary/aromatic N) is 3. The van der Waals surface area contributed by atoms with Crippen molar-refractivity contribution in [1.82, 2.24) is 4.90 Å². The zero-order valence-corrected chi connectivity index (χ0v) is 13.8. The highest BCUT2D eigenvalue weighted by Crippen LogP contribution is 2.45. The predicted molar refractivity (Wildman–Crippen MR) is 92.0 cm³/mol. The van der Waals surface area contributed by atoms with Crippen molar-refractivity contribution in [1.29, 1.82) is 5.26 Å². The largest absolute Gasteiger partial charge is 0.468 e. The van der Waals surface area contributed by atoms with Crippen molar-refractivity contribution < 1.29 is 14.0 Å². The minimum atomic E-state index is -0.814. The molecule has 0 bridgehead atoms. The third kappa shape index (κ3) is 1.99. The van der Waals surface area contributed by atoms with Crippen molar-refractivity contribution in [2.45, 2.75) is 5.92 Å². The summed E-state index contributed by atoms with van der Waals surface area (Å²) in [7, 11) is 1.41. The number of anilines is 1. The lowest BCUT2D eigenvalue weighted by Gasteiger charge is -2.32. The van der Waals surface area contributed by atoms with Crippen LogP contribution in [-0.4, -0.2) is 23.8 Å². The van der Waals surface area contributed by atoms with E-state index in [4.69, 9.17) is 10.2 Å². The van der Waals surface area contributed by atoms with Crippen LogP contribution in [0.5, 0.6) is 0 Å². The summed E-state index contributed by atoms with van der Waals surface area (Å²) in [6, 6.07) is 14.3. The van der Waals surface area contributed by atoms with Crippen LogP contribution in [0.1, 0.15) is 11.7 Å². The topological polar surface area (TPSA) is 104 Å². The summed E-state index contributed by atoms with van der Waals surface area (Å²) < 4.78 is 5.45. The lowest BCUT2D eigenvalue weighted by atomic mass is 9.85. The summed E-state index contributed by atoms with van der Waals surface area (Å²) in [6.07, 6.45) is 1.45. The molecule has 2 N–H and O–H groups in total. The highest BCUT2D eigenvalue weighted by Gasteiger charge is 2.49. The molecule has 0 spiro atoms. The zero-order chi connectivity index (χ0) is 18.4. The van der Waals surface area contributed by atoms with Gasteiger partial charge < -0.3 is 10.2 Å². The van der Waals surface area contributed by atoms with Gasteiger partial charge in [0.25, 0.3) is 11.8 Å². The maximum absolute atomic E-state index is 12.8. The SMILES string of the molecule is CN1C(=O)C2=C(C1=O)N(c1ccccc1)C(N)=C(C#N)C2c1ccco1. The van der Waals surface area contributed by atoms with Crippen molar-refractivity contribution in [2.24, 2.45) is 5.73 Å². The van der Waals surface area contributed by atoms with Crippen LogP contribution in [-0.2, 0) is 9.59 Å². The number of allylic oxidation sites excluding steroid dienone is 1. The second kappa shape index (κ2) is 5.63. The quantitative estimate of drug-likeness (QED) is 0.832. The van der Waals surface area contributed by atoms with Crippen LogP contribution in [0.2, 0.25) is 0 Å². The van der Waals surface area contributed by atoms with Gasteiger partial charge in [-0.15, -0.1) is 0 Å². The summed E-state index contributed by atoms with van der Waals surface area (Å²) in [6.45, 7) is 0. The third-order valence-corrected chi connectivity index (χ3v) is 4.58. The number of hydrogen-bond donors (Lipinski definition) is 1. The van der Waals surface area contributed by atoms with E-state index in [0.29, 0.717) is 11.4 Å². The van der Waals surface area contributed by atoms with E-state index in [-0.39, 0.29) is 22.7 Å². The summed E-state index contributed by atoms with van der Waals surface area (Å²) in [5.74, 6) is -1.25. The van der Waals surface area contributed by atoms with Gasteiger partial charge in [0.05, 0.1) is 29.4 Å². The van der Waals surface area contributed by atoms with Gasteiger partial charge in [-0.1, -0.05) is 18.2 Å². The number of benzene rings is 1. The van der Waals surface area contributed by atoms with E-state index >= 15 is 0 Å². The lowest BCUT2D eigenvalue weighted by Crippen LogP contribution is -2.37. The first-order valence-electron chi connectivity index (χ1n) is 7.91. The molecule has 1 aromatic carbocycles. The first-order valence-corrected chi connectivity index (χ1v) is 7.91. The molecule has 3 heterocycles. The van der Waals surface area contributed by atoms with Gasteiger partial charge in [0, 0.05) is 12.7 Å². The molecule has 26 heavy (non-hydrogen) atoms. The van der Waals surface area contributed by atoms with E-state index in [1.165, 1.54) is 18.2 Å². The molecule has 1 unspecified atom stereocenters. The molecule has 0 fully saturated rings. The Labute approximate surface area is 149 Å². The van der Waals surface area contributed by atoms with Crippen molar-refractivity contribution in [3.63, 3.8) is 0 Å². The van der Waals surface area contributed by atoms with Crippen LogP contribution in [0.15, 0.2) is 75.8 Å². The summed E-state index contributed by atoms with van der Waals surface area (Å²) >= 11 is 0. The number of imide groups is 1. The Morgan fingerprint density at radius 1 is 1.12 bits per heavy atom. The van der Waals surface area contributed by atoms with E-state index in [9.17, 15) is 14.9 Å². The van der Waals surface area contributed by atoms with Crippen LogP contribution in [0.25, 0.3) is 0 Å². The molecule has 2 aromatic rings. The molecule has 7 nitrogen and oxygen atoms in total. The normalized spacial score (nSPS) is 19.9. The molecule has 128 valence electrons. The Morgan fingerprint density at radius 2 is 1.85 bits per heavy atom. The summed E-state index contributed by atoms with van der Waals surface area (Å²) in [5.41, 5.74) is 7.41. The minimum Gasteiger partial charge on any atom is -0.468 e. The highest BCUT2D eigenvalue weighted by atomic mass is 16.3. The van der Waals surface area contributed by atoms with Crippen molar-refractivity contribution in [2.75, 3.05) is 11.9 Å². The van der Waals surface area contributed by atoms with Gasteiger partial charge in [0.1, 0.15) is 17.3 Å². The number of carbonyl (C=O) groups excluding carboxylic acids is 2. The number of likely N-dealkylation sites (N-methyl/N-ethyl adjacent to an activating group) is 1. The molecule has 1 atom stereocenters. The lowest BCUT2D eigenvalue weighted by molar-refractivity contribution is -0.136. The molecule has 0 saturated carbocycles. The van der Waals surface area contributed by atoms with Crippen LogP contribution >= 0.6 is 0 Å². The molecular weight excluding hydrogens is 332 g/mol. The second-order valence-corrected chi connectivity index (χ2v) is 5.96. The first-order chi connectivity index (χ1) is 12.6. The molecule has 1 aromatic heterocycles. The molecular formula is C19H14N4O3. The average Bonchev–Trinajstić information content (AvgIpc) is 3.26. The average molecular weight is 346 g/mol. The van der Waals surface area contributed by atoms with Gasteiger partial charge in [-0.05, 0) is 24.3 Å². The highest BCUT2D eigenvalue weighted by molar-refractivity contribution is 6.22. The molecule has 0 saturated heterocycles. The predicted octanol–water partition coefficient (Wildman–Crippen LogP) is 1.83. The maximum atomic E-state index is 12.8. The third-order valence-electron chi connectivity index (χ3n) is 4.58. The van der Waals surface area contributed by atoms with E-state index in [1.54, 1.807) is 36.4 Å². The van der Waals surface area contributed by atoms with Gasteiger partial charge in [0.15, 0.2) is 0 Å². The van der Waals surface area contributed by atoms with Gasteiger partial charge in [-0.25, -0.2) is 0 Å². The molecule has 2 aliphatic heterocycles. The Kier molecular flexibility index (Phi) is 3.41. The number of carbonyl (C=O) groups is 2. The maximum Gasteiger partial charge on any atom is 0.278 e. The zero-order valence-electron chi connectivity index (χ0n) is 13.8. The Balaban J connectivity index is 2.02. The minimum absolute atomic E-state index is 0.107. The monoisotopic (exact) mass is 346 g/mol. The number of para-hydroxylation sites is 1. The molecule has 0 aliphatic carbocycles. The van der Waals surface area contributed by atoms with Gasteiger partial charge in [0.2, 0.25) is 0 Å². The summed E-state index contributed by atoms with van der Waals surface area (Å²) in [5, 5.41) is 9.74. The number of furan rings is 1. The van der Waals surface area contributed by atoms with E-state index in [0.717, 1.165) is 4.90 Å². The van der Waals surface area contributed by atoms with Gasteiger partial charge in [-0.3, -0.25) is 19.4 Å². The van der Waals surface area contributed by atoms with Crippen LogP contribution in [0, 0.1) is 11.3 Å². The Bertz CT molecular complexity index is 1010. The molecule has 2 amide bonds. The molecule has 7 heteroatoms. The van der Waals surface area contributed by atoms with Crippen molar-refractivity contribution in [3.05, 3.63) is 77.2 Å². The molecule has 0 radical (unpaired) electrons. The number of rotatable bonds is 2. The van der Waals surface area contributed by atoms with Crippen LogP contribution in [0.3, 0.4) is 0 Å². The standard InChI is InChI=1S/C19H14N4O3/c1-22-18(24)15-14(13-8-5-9-26-13)12(10-20)17(21)23(16(15)19(22)25)11-6-3-2-4-7-11/h2-9,14H,21H2,1H3. The van der Waals surface area contributed by atoms with Crippen LogP contribution < -0.4 is 10.6 Å². The number of hydrogen-bond acceptors (Lipinski definition) is 6. The van der Waals surface area contributed by atoms with Gasteiger partial charge in [-0.2, -0.15) is 5.26 Å². The Hall–Kier alpha value is -3.79. The molecule has 2 aliphatic rings. The first kappa shape index (κ1) is 15.7. The number of amides is 2. The van der Waals surface area contributed by atoms with Crippen molar-refractivity contribution in [3.8, 4) is 6.07 Å². The van der Waals surface area contributed by atoms with Gasteiger partial charge >= 0.3 is 0 Å². The van der Waals surface area contributed by atoms with E-state index in [2.05, 4.69) is 6.07 Å². The second-order valence-electron chi connectivity index (χ2n) is 5.96. The number of nitrogens with two attached hydrogens (primary N) is 1.